The Labute approximate surface area is 148 Å². The molecule has 2 fully saturated rings. The number of hydrogen-bond acceptors (Lipinski definition) is 3. The van der Waals surface area contributed by atoms with Gasteiger partial charge in [0.2, 0.25) is 11.8 Å². The van der Waals surface area contributed by atoms with Gasteiger partial charge in [0.05, 0.1) is 6.42 Å². The highest BCUT2D eigenvalue weighted by Crippen LogP contribution is 2.22. The summed E-state index contributed by atoms with van der Waals surface area (Å²) in [6.07, 6.45) is 10.6. The van der Waals surface area contributed by atoms with Crippen molar-refractivity contribution in [2.24, 2.45) is 0 Å². The predicted molar refractivity (Wildman–Crippen MR) is 97.0 cm³/mol. The lowest BCUT2D eigenvalue weighted by atomic mass is 9.96. The van der Waals surface area contributed by atoms with Gasteiger partial charge in [0, 0.05) is 17.5 Å². The third-order valence-corrected chi connectivity index (χ3v) is 6.11. The summed E-state index contributed by atoms with van der Waals surface area (Å²) in [5.74, 6) is 0.158. The number of carbonyl (C=O) groups excluding carboxylic acids is 2. The lowest BCUT2D eigenvalue weighted by Gasteiger charge is -2.27. The highest BCUT2D eigenvalue weighted by Gasteiger charge is 2.34. The van der Waals surface area contributed by atoms with E-state index in [1.165, 1.54) is 32.1 Å². The number of thiophene rings is 1. The molecule has 2 heterocycles. The minimum atomic E-state index is -0.261. The van der Waals surface area contributed by atoms with E-state index in [9.17, 15) is 9.59 Å². The highest BCUT2D eigenvalue weighted by atomic mass is 32.1. The number of nitrogens with one attached hydrogen (secondary N) is 1. The molecular formula is C19H28N2O2S. The zero-order valence-electron chi connectivity index (χ0n) is 14.3. The molecule has 132 valence electrons. The fourth-order valence-electron chi connectivity index (χ4n) is 3.90. The first-order chi connectivity index (χ1) is 11.7. The van der Waals surface area contributed by atoms with Crippen molar-refractivity contribution in [3.8, 4) is 0 Å². The van der Waals surface area contributed by atoms with E-state index in [2.05, 4.69) is 5.32 Å². The van der Waals surface area contributed by atoms with Crippen LogP contribution in [0.3, 0.4) is 0 Å². The number of carbonyl (C=O) groups is 2. The number of likely N-dealkylation sites (tertiary alicyclic amines) is 1. The van der Waals surface area contributed by atoms with Crippen LogP contribution in [0, 0.1) is 0 Å². The number of nitrogens with zero attached hydrogens (tertiary/aromatic N) is 1. The second-order valence-electron chi connectivity index (χ2n) is 7.05. The van der Waals surface area contributed by atoms with Crippen LogP contribution in [0.4, 0.5) is 0 Å². The van der Waals surface area contributed by atoms with Gasteiger partial charge in [-0.3, -0.25) is 9.59 Å². The third-order valence-electron chi connectivity index (χ3n) is 5.23. The number of hydrogen-bond donors (Lipinski definition) is 1. The molecule has 0 bridgehead atoms. The molecule has 1 aliphatic carbocycles. The van der Waals surface area contributed by atoms with Crippen molar-refractivity contribution in [3.05, 3.63) is 22.4 Å². The Morgan fingerprint density at radius 3 is 2.54 bits per heavy atom. The predicted octanol–water partition coefficient (Wildman–Crippen LogP) is 3.51. The SMILES string of the molecule is O=C(NC1CCCCCCC1)C1CCCN1C(=O)Cc1cccs1. The Balaban J connectivity index is 1.55. The summed E-state index contributed by atoms with van der Waals surface area (Å²) in [5, 5.41) is 5.23. The summed E-state index contributed by atoms with van der Waals surface area (Å²) in [7, 11) is 0. The molecule has 3 rings (SSSR count). The Morgan fingerprint density at radius 2 is 1.83 bits per heavy atom. The van der Waals surface area contributed by atoms with Crippen LogP contribution >= 0.6 is 11.3 Å². The van der Waals surface area contributed by atoms with Crippen LogP contribution in [0.1, 0.15) is 62.7 Å². The molecule has 1 N–H and O–H groups in total. The molecule has 1 saturated carbocycles. The number of rotatable bonds is 4. The summed E-state index contributed by atoms with van der Waals surface area (Å²) in [6, 6.07) is 3.99. The molecule has 24 heavy (non-hydrogen) atoms. The minimum absolute atomic E-state index is 0.0672. The summed E-state index contributed by atoms with van der Waals surface area (Å²) >= 11 is 1.60. The molecular weight excluding hydrogens is 320 g/mol. The average Bonchev–Trinajstić information content (AvgIpc) is 3.20. The van der Waals surface area contributed by atoms with E-state index in [0.29, 0.717) is 19.0 Å². The van der Waals surface area contributed by atoms with E-state index >= 15 is 0 Å². The molecule has 2 aliphatic rings. The van der Waals surface area contributed by atoms with Crippen LogP contribution < -0.4 is 5.32 Å². The van der Waals surface area contributed by atoms with Crippen LogP contribution in [-0.2, 0) is 16.0 Å². The summed E-state index contributed by atoms with van der Waals surface area (Å²) in [5.41, 5.74) is 0. The van der Waals surface area contributed by atoms with Gasteiger partial charge in [-0.2, -0.15) is 0 Å². The molecule has 5 heteroatoms. The standard InChI is InChI=1S/C19H28N2O2S/c22-18(14-16-10-7-13-24-16)21-12-6-11-17(21)19(23)20-15-8-4-2-1-3-5-9-15/h7,10,13,15,17H,1-6,8-9,11-12,14H2,(H,20,23). The van der Waals surface area contributed by atoms with Crippen molar-refractivity contribution >= 4 is 23.2 Å². The zero-order chi connectivity index (χ0) is 16.8. The van der Waals surface area contributed by atoms with Gasteiger partial charge in [-0.05, 0) is 37.1 Å². The van der Waals surface area contributed by atoms with Gasteiger partial charge < -0.3 is 10.2 Å². The summed E-state index contributed by atoms with van der Waals surface area (Å²) in [4.78, 5) is 28.2. The van der Waals surface area contributed by atoms with Gasteiger partial charge in [0.15, 0.2) is 0 Å². The Bertz CT molecular complexity index is 536. The van der Waals surface area contributed by atoms with Crippen LogP contribution in [0.15, 0.2) is 17.5 Å². The first-order valence-electron chi connectivity index (χ1n) is 9.36. The molecule has 1 aromatic heterocycles. The monoisotopic (exact) mass is 348 g/mol. The normalized spacial score (nSPS) is 22.8. The van der Waals surface area contributed by atoms with Crippen LogP contribution in [0.2, 0.25) is 0 Å². The summed E-state index contributed by atoms with van der Waals surface area (Å²) in [6.45, 7) is 0.715. The molecule has 1 aromatic rings. The van der Waals surface area contributed by atoms with Gasteiger partial charge in [-0.1, -0.05) is 38.2 Å². The lowest BCUT2D eigenvalue weighted by Crippen LogP contribution is -2.49. The molecule has 0 spiro atoms. The van der Waals surface area contributed by atoms with E-state index in [4.69, 9.17) is 0 Å². The van der Waals surface area contributed by atoms with Crippen molar-refractivity contribution in [1.29, 1.82) is 0 Å². The smallest absolute Gasteiger partial charge is 0.243 e. The molecule has 1 saturated heterocycles. The van der Waals surface area contributed by atoms with E-state index in [1.54, 1.807) is 16.2 Å². The fraction of sp³-hybridized carbons (Fsp3) is 0.684. The van der Waals surface area contributed by atoms with Crippen LogP contribution in [-0.4, -0.2) is 35.3 Å². The Morgan fingerprint density at radius 1 is 1.08 bits per heavy atom. The van der Waals surface area contributed by atoms with E-state index < -0.39 is 0 Å². The summed E-state index contributed by atoms with van der Waals surface area (Å²) < 4.78 is 0. The highest BCUT2D eigenvalue weighted by molar-refractivity contribution is 7.10. The maximum absolute atomic E-state index is 12.7. The molecule has 4 nitrogen and oxygen atoms in total. The third kappa shape index (κ3) is 4.59. The van der Waals surface area contributed by atoms with Crippen molar-refractivity contribution < 1.29 is 9.59 Å². The Hall–Kier alpha value is -1.36. The maximum Gasteiger partial charge on any atom is 0.243 e. The molecule has 2 amide bonds. The number of amides is 2. The second-order valence-corrected chi connectivity index (χ2v) is 8.08. The van der Waals surface area contributed by atoms with Gasteiger partial charge in [0.25, 0.3) is 0 Å². The lowest BCUT2D eigenvalue weighted by molar-refractivity contribution is -0.138. The molecule has 1 unspecified atom stereocenters. The van der Waals surface area contributed by atoms with Gasteiger partial charge >= 0.3 is 0 Å². The maximum atomic E-state index is 12.7. The molecule has 1 atom stereocenters. The van der Waals surface area contributed by atoms with Gasteiger partial charge in [-0.25, -0.2) is 0 Å². The molecule has 0 radical (unpaired) electrons. The topological polar surface area (TPSA) is 49.4 Å². The quantitative estimate of drug-likeness (QED) is 0.905. The van der Waals surface area contributed by atoms with E-state index in [1.807, 2.05) is 17.5 Å². The van der Waals surface area contributed by atoms with Crippen LogP contribution in [0.5, 0.6) is 0 Å². The van der Waals surface area contributed by atoms with Crippen LogP contribution in [0.25, 0.3) is 0 Å². The first kappa shape index (κ1) is 17.5. The van der Waals surface area contributed by atoms with E-state index in [0.717, 1.165) is 30.6 Å². The van der Waals surface area contributed by atoms with Crippen molar-refractivity contribution in [2.45, 2.75) is 76.3 Å². The minimum Gasteiger partial charge on any atom is -0.352 e. The van der Waals surface area contributed by atoms with Crippen molar-refractivity contribution in [1.82, 2.24) is 10.2 Å². The molecule has 1 aliphatic heterocycles. The average molecular weight is 349 g/mol. The largest absolute Gasteiger partial charge is 0.352 e. The van der Waals surface area contributed by atoms with Crippen molar-refractivity contribution in [2.75, 3.05) is 6.54 Å². The van der Waals surface area contributed by atoms with Crippen molar-refractivity contribution in [3.63, 3.8) is 0 Å². The van der Waals surface area contributed by atoms with Gasteiger partial charge in [0.1, 0.15) is 6.04 Å². The van der Waals surface area contributed by atoms with E-state index in [-0.39, 0.29) is 17.9 Å². The first-order valence-corrected chi connectivity index (χ1v) is 10.2. The second kappa shape index (κ2) is 8.65. The molecule has 0 aromatic carbocycles. The van der Waals surface area contributed by atoms with Gasteiger partial charge in [-0.15, -0.1) is 11.3 Å². The zero-order valence-corrected chi connectivity index (χ0v) is 15.2. The Kier molecular flexibility index (Phi) is 6.30. The fourth-order valence-corrected chi connectivity index (χ4v) is 4.60.